The predicted octanol–water partition coefficient (Wildman–Crippen LogP) is -1.39. The molecule has 0 aromatic rings. The Hall–Kier alpha value is -0.650. The van der Waals surface area contributed by atoms with E-state index in [9.17, 15) is 20.1 Å². The van der Waals surface area contributed by atoms with Gasteiger partial charge < -0.3 is 39.0 Å². The molecule has 0 aromatic heterocycles. The fourth-order valence-corrected chi connectivity index (χ4v) is 2.70. The summed E-state index contributed by atoms with van der Waals surface area (Å²) in [5.74, 6) is -0.0191. The molecular formula is C16H28O9. The maximum atomic E-state index is 10.6. The Bertz CT molecular complexity index is 418. The topological polar surface area (TPSA) is 124 Å². The molecule has 0 bridgehead atoms. The maximum absolute atomic E-state index is 10.6. The van der Waals surface area contributed by atoms with Gasteiger partial charge in [-0.3, -0.25) is 4.79 Å². The first-order valence-corrected chi connectivity index (χ1v) is 8.52. The molecule has 1 aliphatic heterocycles. The van der Waals surface area contributed by atoms with Crippen LogP contribution in [0.3, 0.4) is 0 Å². The lowest BCUT2D eigenvalue weighted by Crippen LogP contribution is -2.52. The van der Waals surface area contributed by atoms with Crippen LogP contribution in [0.1, 0.15) is 19.8 Å². The van der Waals surface area contributed by atoms with E-state index >= 15 is 0 Å². The SMILES string of the molecule is CC(=O)COCCOCCOCCO[C@H]1C[C@@H](O)[C@@H](O)C2(CC2O)O1. The molecule has 2 aliphatic rings. The Morgan fingerprint density at radius 2 is 1.60 bits per heavy atom. The van der Waals surface area contributed by atoms with Crippen molar-refractivity contribution in [2.75, 3.05) is 46.2 Å². The smallest absolute Gasteiger partial charge is 0.161 e. The van der Waals surface area contributed by atoms with Gasteiger partial charge in [0.1, 0.15) is 18.3 Å². The van der Waals surface area contributed by atoms with Crippen molar-refractivity contribution in [2.45, 2.75) is 50.0 Å². The van der Waals surface area contributed by atoms with Crippen molar-refractivity contribution in [2.24, 2.45) is 0 Å². The molecule has 1 heterocycles. The van der Waals surface area contributed by atoms with Crippen molar-refractivity contribution >= 4 is 5.78 Å². The van der Waals surface area contributed by atoms with Crippen molar-refractivity contribution in [3.63, 3.8) is 0 Å². The van der Waals surface area contributed by atoms with Gasteiger partial charge in [-0.25, -0.2) is 0 Å². The Balaban J connectivity index is 1.44. The van der Waals surface area contributed by atoms with Gasteiger partial charge in [0.25, 0.3) is 0 Å². The molecule has 0 radical (unpaired) electrons. The largest absolute Gasteiger partial charge is 0.390 e. The first kappa shape index (κ1) is 20.7. The van der Waals surface area contributed by atoms with E-state index in [4.69, 9.17) is 23.7 Å². The Morgan fingerprint density at radius 1 is 1.04 bits per heavy atom. The molecule has 146 valence electrons. The lowest BCUT2D eigenvalue weighted by Gasteiger charge is -2.37. The molecule has 1 saturated carbocycles. The number of aliphatic hydroxyl groups excluding tert-OH is 3. The summed E-state index contributed by atoms with van der Waals surface area (Å²) >= 11 is 0. The van der Waals surface area contributed by atoms with Gasteiger partial charge in [0.05, 0.1) is 51.8 Å². The van der Waals surface area contributed by atoms with Crippen molar-refractivity contribution in [3.05, 3.63) is 0 Å². The van der Waals surface area contributed by atoms with E-state index in [2.05, 4.69) is 0 Å². The number of hydrogen-bond acceptors (Lipinski definition) is 9. The van der Waals surface area contributed by atoms with Crippen molar-refractivity contribution in [1.82, 2.24) is 0 Å². The average Bonchev–Trinajstić information content (AvgIpc) is 3.20. The quantitative estimate of drug-likeness (QED) is 0.359. The molecule has 2 unspecified atom stereocenters. The van der Waals surface area contributed by atoms with Gasteiger partial charge in [0, 0.05) is 12.8 Å². The van der Waals surface area contributed by atoms with Crippen LogP contribution in [0.2, 0.25) is 0 Å². The molecule has 1 spiro atoms. The second kappa shape index (κ2) is 9.89. The van der Waals surface area contributed by atoms with Crippen LogP contribution in [-0.2, 0) is 28.5 Å². The molecule has 3 N–H and O–H groups in total. The van der Waals surface area contributed by atoms with Crippen molar-refractivity contribution in [1.29, 1.82) is 0 Å². The molecule has 0 amide bonds. The summed E-state index contributed by atoms with van der Waals surface area (Å²) in [6.45, 7) is 3.72. The summed E-state index contributed by atoms with van der Waals surface area (Å²) in [4.78, 5) is 10.6. The second-order valence-electron chi connectivity index (χ2n) is 6.32. The Kier molecular flexibility index (Phi) is 8.17. The van der Waals surface area contributed by atoms with Crippen molar-refractivity contribution < 1.29 is 43.8 Å². The highest BCUT2D eigenvalue weighted by atomic mass is 16.7. The molecule has 1 saturated heterocycles. The number of ketones is 1. The number of carbonyl (C=O) groups excluding carboxylic acids is 1. The summed E-state index contributed by atoms with van der Waals surface area (Å²) in [6.07, 6.45) is -3.05. The predicted molar refractivity (Wildman–Crippen MR) is 83.9 cm³/mol. The van der Waals surface area contributed by atoms with E-state index < -0.39 is 30.2 Å². The number of carbonyl (C=O) groups is 1. The third-order valence-corrected chi connectivity index (χ3v) is 4.15. The summed E-state index contributed by atoms with van der Waals surface area (Å²) in [6, 6.07) is 0. The first-order valence-electron chi connectivity index (χ1n) is 8.52. The fraction of sp³-hybridized carbons (Fsp3) is 0.938. The van der Waals surface area contributed by atoms with Gasteiger partial charge >= 0.3 is 0 Å². The van der Waals surface area contributed by atoms with E-state index in [0.29, 0.717) is 39.5 Å². The minimum atomic E-state index is -1.09. The van der Waals surface area contributed by atoms with Crippen LogP contribution in [0.5, 0.6) is 0 Å². The summed E-state index contributed by atoms with van der Waals surface area (Å²) in [7, 11) is 0. The van der Waals surface area contributed by atoms with Crippen LogP contribution in [-0.4, -0.2) is 97.6 Å². The third-order valence-electron chi connectivity index (χ3n) is 4.15. The summed E-state index contributed by atoms with van der Waals surface area (Å²) < 4.78 is 26.7. The highest BCUT2D eigenvalue weighted by molar-refractivity contribution is 5.76. The number of ether oxygens (including phenoxy) is 5. The van der Waals surface area contributed by atoms with Crippen LogP contribution in [0, 0.1) is 0 Å². The number of rotatable bonds is 12. The van der Waals surface area contributed by atoms with E-state index in [1.165, 1.54) is 6.92 Å². The van der Waals surface area contributed by atoms with E-state index in [1.807, 2.05) is 0 Å². The van der Waals surface area contributed by atoms with Gasteiger partial charge in [-0.1, -0.05) is 0 Å². The molecule has 1 aliphatic carbocycles. The zero-order chi connectivity index (χ0) is 18.3. The van der Waals surface area contributed by atoms with Gasteiger partial charge in [0.2, 0.25) is 0 Å². The lowest BCUT2D eigenvalue weighted by atomic mass is 9.99. The van der Waals surface area contributed by atoms with Crippen LogP contribution in [0.15, 0.2) is 0 Å². The van der Waals surface area contributed by atoms with Crippen LogP contribution < -0.4 is 0 Å². The maximum Gasteiger partial charge on any atom is 0.161 e. The van der Waals surface area contributed by atoms with Gasteiger partial charge in [-0.05, 0) is 6.92 Å². The van der Waals surface area contributed by atoms with E-state index in [0.717, 1.165) is 0 Å². The minimum Gasteiger partial charge on any atom is -0.390 e. The number of hydrogen-bond donors (Lipinski definition) is 3. The third kappa shape index (κ3) is 6.22. The van der Waals surface area contributed by atoms with E-state index in [-0.39, 0.29) is 25.4 Å². The highest BCUT2D eigenvalue weighted by Gasteiger charge is 2.65. The molecule has 5 atom stereocenters. The van der Waals surface area contributed by atoms with Crippen molar-refractivity contribution in [3.8, 4) is 0 Å². The zero-order valence-electron chi connectivity index (χ0n) is 14.5. The lowest BCUT2D eigenvalue weighted by molar-refractivity contribution is -0.271. The normalized spacial score (nSPS) is 34.4. The number of aliphatic hydroxyl groups is 3. The standard InChI is InChI=1S/C16H28O9/c1-11(17)10-23-5-4-21-2-3-22-6-7-24-14-8-12(18)15(20)16(25-14)9-13(16)19/h12-15,18-20H,2-10H2,1H3/t12-,13?,14-,15-,16?/m1/s1. The molecule has 9 nitrogen and oxygen atoms in total. The molecule has 0 aromatic carbocycles. The minimum absolute atomic E-state index is 0.0191. The second-order valence-corrected chi connectivity index (χ2v) is 6.32. The number of Topliss-reactive ketones (excluding diaryl/α,β-unsaturated/α-hetero) is 1. The molecule has 9 heteroatoms. The van der Waals surface area contributed by atoms with Crippen LogP contribution >= 0.6 is 0 Å². The molecule has 2 fully saturated rings. The fourth-order valence-electron chi connectivity index (χ4n) is 2.70. The van der Waals surface area contributed by atoms with Crippen LogP contribution in [0.25, 0.3) is 0 Å². The van der Waals surface area contributed by atoms with E-state index in [1.54, 1.807) is 0 Å². The summed E-state index contributed by atoms with van der Waals surface area (Å²) in [5.41, 5.74) is -1.08. The van der Waals surface area contributed by atoms with Gasteiger partial charge in [-0.15, -0.1) is 0 Å². The Labute approximate surface area is 146 Å². The first-order chi connectivity index (χ1) is 12.0. The van der Waals surface area contributed by atoms with Gasteiger partial charge in [0.15, 0.2) is 12.1 Å². The molecule has 25 heavy (non-hydrogen) atoms. The highest BCUT2D eigenvalue weighted by Crippen LogP contribution is 2.48. The summed E-state index contributed by atoms with van der Waals surface area (Å²) in [5, 5.41) is 29.3. The molecular weight excluding hydrogens is 336 g/mol. The average molecular weight is 364 g/mol. The zero-order valence-corrected chi connectivity index (χ0v) is 14.5. The van der Waals surface area contributed by atoms with Crippen LogP contribution in [0.4, 0.5) is 0 Å². The monoisotopic (exact) mass is 364 g/mol. The molecule has 2 rings (SSSR count). The van der Waals surface area contributed by atoms with Gasteiger partial charge in [-0.2, -0.15) is 0 Å². The Morgan fingerprint density at radius 3 is 2.16 bits per heavy atom.